The van der Waals surface area contributed by atoms with E-state index in [1.165, 1.54) is 0 Å². The van der Waals surface area contributed by atoms with Gasteiger partial charge in [-0.1, -0.05) is 31.9 Å². The zero-order valence-electron chi connectivity index (χ0n) is 10.3. The van der Waals surface area contributed by atoms with Gasteiger partial charge in [0.1, 0.15) is 0 Å². The molecular weight excluding hydrogens is 565 g/mol. The van der Waals surface area contributed by atoms with Crippen LogP contribution in [0.25, 0.3) is 0 Å². The quantitative estimate of drug-likeness (QED) is 0.340. The molecule has 2 aromatic carbocycles. The number of hydrogen-bond acceptors (Lipinski definition) is 1. The molecule has 0 saturated carbocycles. The minimum Gasteiger partial charge on any atom is -0.322 e. The Bertz CT molecular complexity index is 688. The topological polar surface area (TPSA) is 29.1 Å². The van der Waals surface area contributed by atoms with E-state index >= 15 is 0 Å². The Hall–Kier alpha value is 0.0800. The van der Waals surface area contributed by atoms with Gasteiger partial charge in [0.25, 0.3) is 5.91 Å². The highest BCUT2D eigenvalue weighted by Gasteiger charge is 2.14. The van der Waals surface area contributed by atoms with Crippen molar-refractivity contribution in [2.75, 3.05) is 5.32 Å². The maximum atomic E-state index is 12.4. The number of aryl methyl sites for hydroxylation is 1. The van der Waals surface area contributed by atoms with Crippen molar-refractivity contribution in [1.29, 1.82) is 0 Å². The lowest BCUT2D eigenvalue weighted by atomic mass is 10.1. The Morgan fingerprint density at radius 1 is 1.10 bits per heavy atom. The van der Waals surface area contributed by atoms with E-state index < -0.39 is 0 Å². The molecule has 0 aliphatic heterocycles. The third-order valence-electron chi connectivity index (χ3n) is 2.67. The van der Waals surface area contributed by atoms with Crippen LogP contribution < -0.4 is 5.32 Å². The first-order valence-electron chi connectivity index (χ1n) is 5.60. The second-order valence-corrected chi connectivity index (χ2v) is 7.93. The molecule has 104 valence electrons. The third kappa shape index (κ3) is 3.84. The van der Waals surface area contributed by atoms with E-state index in [1.54, 1.807) is 0 Å². The fourth-order valence-corrected chi connectivity index (χ4v) is 3.94. The van der Waals surface area contributed by atoms with Gasteiger partial charge >= 0.3 is 0 Å². The van der Waals surface area contributed by atoms with Gasteiger partial charge in [0, 0.05) is 22.7 Å². The van der Waals surface area contributed by atoms with Crippen LogP contribution in [0.2, 0.25) is 0 Å². The van der Waals surface area contributed by atoms with E-state index in [9.17, 15) is 4.79 Å². The molecule has 0 saturated heterocycles. The maximum Gasteiger partial charge on any atom is 0.256 e. The number of carbonyl (C=O) groups excluding carboxylic acids is 1. The zero-order valence-corrected chi connectivity index (χ0v) is 17.2. The Morgan fingerprint density at radius 3 is 2.45 bits per heavy atom. The molecule has 1 N–H and O–H groups in total. The number of benzene rings is 2. The average Bonchev–Trinajstić information content (AvgIpc) is 2.37. The summed E-state index contributed by atoms with van der Waals surface area (Å²) < 4.78 is 3.64. The number of rotatable bonds is 2. The predicted molar refractivity (Wildman–Crippen MR) is 101 cm³/mol. The molecule has 0 radical (unpaired) electrons. The van der Waals surface area contributed by atoms with Gasteiger partial charge in [-0.3, -0.25) is 4.79 Å². The van der Waals surface area contributed by atoms with Crippen molar-refractivity contribution in [3.05, 3.63) is 58.4 Å². The number of amides is 1. The molecule has 0 aromatic heterocycles. The third-order valence-corrected chi connectivity index (χ3v) is 6.15. The van der Waals surface area contributed by atoms with Gasteiger partial charge in [0.05, 0.1) is 5.56 Å². The lowest BCUT2D eigenvalue weighted by Gasteiger charge is -2.11. The van der Waals surface area contributed by atoms with Gasteiger partial charge in [-0.05, 0) is 81.3 Å². The Kier molecular flexibility index (Phi) is 5.67. The van der Waals surface area contributed by atoms with Gasteiger partial charge in [-0.2, -0.15) is 0 Å². The SMILES string of the molecule is Cc1cc(Br)ccc1NC(=O)c1cc(Br)cc(Br)c1I. The van der Waals surface area contributed by atoms with Crippen LogP contribution in [0, 0.1) is 10.5 Å². The van der Waals surface area contributed by atoms with Crippen molar-refractivity contribution in [3.63, 3.8) is 0 Å². The summed E-state index contributed by atoms with van der Waals surface area (Å²) in [7, 11) is 0. The van der Waals surface area contributed by atoms with Gasteiger partial charge in [-0.15, -0.1) is 0 Å². The Balaban J connectivity index is 2.33. The molecule has 2 nitrogen and oxygen atoms in total. The van der Waals surface area contributed by atoms with Crippen LogP contribution >= 0.6 is 70.4 Å². The van der Waals surface area contributed by atoms with Crippen molar-refractivity contribution in [2.45, 2.75) is 6.92 Å². The molecule has 0 heterocycles. The normalized spacial score (nSPS) is 10.4. The number of anilines is 1. The summed E-state index contributed by atoms with van der Waals surface area (Å²) in [5.41, 5.74) is 2.45. The minimum atomic E-state index is -0.123. The molecule has 0 fully saturated rings. The predicted octanol–water partition coefficient (Wildman–Crippen LogP) is 6.14. The smallest absolute Gasteiger partial charge is 0.256 e. The molecule has 0 spiro atoms. The summed E-state index contributed by atoms with van der Waals surface area (Å²) in [6, 6.07) is 9.50. The van der Waals surface area contributed by atoms with Gasteiger partial charge in [-0.25, -0.2) is 0 Å². The van der Waals surface area contributed by atoms with Crippen LogP contribution in [0.5, 0.6) is 0 Å². The first-order chi connectivity index (χ1) is 9.38. The van der Waals surface area contributed by atoms with E-state index in [1.807, 2.05) is 37.3 Å². The molecule has 2 rings (SSSR count). The van der Waals surface area contributed by atoms with Crippen LogP contribution in [-0.4, -0.2) is 5.91 Å². The van der Waals surface area contributed by atoms with Crippen LogP contribution in [0.15, 0.2) is 43.7 Å². The molecule has 1 amide bonds. The molecule has 2 aromatic rings. The summed E-state index contributed by atoms with van der Waals surface area (Å²) in [6.07, 6.45) is 0. The van der Waals surface area contributed by atoms with Crippen LogP contribution in [0.1, 0.15) is 15.9 Å². The van der Waals surface area contributed by atoms with E-state index in [2.05, 4.69) is 75.7 Å². The fraction of sp³-hybridized carbons (Fsp3) is 0.0714. The average molecular weight is 574 g/mol. The van der Waals surface area contributed by atoms with Crippen LogP contribution in [0.3, 0.4) is 0 Å². The van der Waals surface area contributed by atoms with Crippen molar-refractivity contribution in [3.8, 4) is 0 Å². The number of hydrogen-bond donors (Lipinski definition) is 1. The molecular formula is C14H9Br3INO. The minimum absolute atomic E-state index is 0.123. The van der Waals surface area contributed by atoms with Gasteiger partial charge in [0.15, 0.2) is 0 Å². The largest absolute Gasteiger partial charge is 0.322 e. The summed E-state index contributed by atoms with van der Waals surface area (Å²) in [4.78, 5) is 12.4. The van der Waals surface area contributed by atoms with Crippen LogP contribution in [0.4, 0.5) is 5.69 Å². The lowest BCUT2D eigenvalue weighted by Crippen LogP contribution is -2.14. The summed E-state index contributed by atoms with van der Waals surface area (Å²) >= 11 is 12.4. The standard InChI is InChI=1S/C14H9Br3INO/c1-7-4-8(15)2-3-12(7)19-14(20)10-5-9(16)6-11(17)13(10)18/h2-6H,1H3,(H,19,20). The molecule has 0 unspecified atom stereocenters. The molecule has 0 bridgehead atoms. The zero-order chi connectivity index (χ0) is 14.9. The van der Waals surface area contributed by atoms with Gasteiger partial charge in [0.2, 0.25) is 0 Å². The lowest BCUT2D eigenvalue weighted by molar-refractivity contribution is 0.102. The summed E-state index contributed by atoms with van der Waals surface area (Å²) in [5, 5.41) is 2.94. The molecule has 0 aliphatic carbocycles. The number of nitrogens with one attached hydrogen (secondary N) is 1. The Morgan fingerprint density at radius 2 is 1.80 bits per heavy atom. The second-order valence-electron chi connectivity index (χ2n) is 4.16. The Labute approximate surface area is 156 Å². The summed E-state index contributed by atoms with van der Waals surface area (Å²) in [6.45, 7) is 1.96. The van der Waals surface area contributed by atoms with E-state index in [4.69, 9.17) is 0 Å². The highest BCUT2D eigenvalue weighted by Crippen LogP contribution is 2.28. The first-order valence-corrected chi connectivity index (χ1v) is 9.06. The molecule has 0 atom stereocenters. The molecule has 6 heteroatoms. The maximum absolute atomic E-state index is 12.4. The van der Waals surface area contributed by atoms with Crippen LogP contribution in [-0.2, 0) is 0 Å². The molecule has 0 aliphatic rings. The van der Waals surface area contributed by atoms with E-state index in [0.717, 1.165) is 28.2 Å². The van der Waals surface area contributed by atoms with Crippen molar-refractivity contribution in [1.82, 2.24) is 0 Å². The van der Waals surface area contributed by atoms with E-state index in [-0.39, 0.29) is 5.91 Å². The molecule has 20 heavy (non-hydrogen) atoms. The highest BCUT2D eigenvalue weighted by atomic mass is 127. The monoisotopic (exact) mass is 571 g/mol. The van der Waals surface area contributed by atoms with Crippen molar-refractivity contribution < 1.29 is 4.79 Å². The first kappa shape index (κ1) is 16.5. The highest BCUT2D eigenvalue weighted by molar-refractivity contribution is 14.1. The van der Waals surface area contributed by atoms with Gasteiger partial charge < -0.3 is 5.32 Å². The second kappa shape index (κ2) is 6.89. The van der Waals surface area contributed by atoms with E-state index in [0.29, 0.717) is 5.56 Å². The number of carbonyl (C=O) groups is 1. The fourth-order valence-electron chi connectivity index (χ4n) is 1.68. The van der Waals surface area contributed by atoms with Crippen molar-refractivity contribution >= 4 is 82.0 Å². The number of halogens is 4. The summed E-state index contributed by atoms with van der Waals surface area (Å²) in [5.74, 6) is -0.123. The van der Waals surface area contributed by atoms with Crippen molar-refractivity contribution in [2.24, 2.45) is 0 Å².